The number of halogens is 3. The number of amides is 1. The number of nitrogens with one attached hydrogen (secondary N) is 1. The third-order valence-electron chi connectivity index (χ3n) is 4.25. The van der Waals surface area contributed by atoms with Gasteiger partial charge in [0.15, 0.2) is 0 Å². The number of rotatable bonds is 5. The lowest BCUT2D eigenvalue weighted by atomic mass is 9.96. The molecule has 0 aliphatic carbocycles. The first-order valence-electron chi connectivity index (χ1n) is 8.05. The van der Waals surface area contributed by atoms with Gasteiger partial charge in [-0.2, -0.15) is 13.2 Å². The monoisotopic (exact) mass is 389 g/mol. The summed E-state index contributed by atoms with van der Waals surface area (Å²) in [5, 5.41) is 23.0. The van der Waals surface area contributed by atoms with Gasteiger partial charge in [0.1, 0.15) is 5.69 Å². The molecule has 1 aliphatic rings. The van der Waals surface area contributed by atoms with Crippen molar-refractivity contribution in [2.24, 2.45) is 11.8 Å². The summed E-state index contributed by atoms with van der Waals surface area (Å²) in [6, 6.07) is 3.20. The number of hydrogen-bond acceptors (Lipinski definition) is 5. The van der Waals surface area contributed by atoms with Crippen molar-refractivity contribution in [1.82, 2.24) is 5.32 Å². The zero-order valence-corrected chi connectivity index (χ0v) is 14.5. The topological polar surface area (TPSA) is 113 Å². The number of nitro benzene ring substituents is 1. The van der Waals surface area contributed by atoms with Crippen LogP contribution in [0.3, 0.4) is 0 Å². The molecule has 8 nitrogen and oxygen atoms in total. The van der Waals surface area contributed by atoms with Crippen LogP contribution in [-0.4, -0.2) is 47.2 Å². The highest BCUT2D eigenvalue weighted by molar-refractivity contribution is 5.96. The third kappa shape index (κ3) is 4.47. The average molecular weight is 389 g/mol. The molecule has 11 heteroatoms. The molecule has 0 aromatic heterocycles. The van der Waals surface area contributed by atoms with E-state index in [9.17, 15) is 32.9 Å². The molecule has 0 spiro atoms. The summed E-state index contributed by atoms with van der Waals surface area (Å²) in [5.41, 5.74) is -0.724. The highest BCUT2D eigenvalue weighted by atomic mass is 19.4. The maximum atomic E-state index is 13.1. The fraction of sp³-hybridized carbons (Fsp3) is 0.500. The molecule has 2 rings (SSSR count). The van der Waals surface area contributed by atoms with E-state index in [-0.39, 0.29) is 17.3 Å². The lowest BCUT2D eigenvalue weighted by Crippen LogP contribution is -2.33. The van der Waals surface area contributed by atoms with Crippen molar-refractivity contribution >= 4 is 23.3 Å². The molecule has 148 valence electrons. The van der Waals surface area contributed by atoms with E-state index >= 15 is 0 Å². The maximum Gasteiger partial charge on any atom is 0.394 e. The summed E-state index contributed by atoms with van der Waals surface area (Å²) >= 11 is 0. The number of hydrogen-bond donors (Lipinski definition) is 2. The van der Waals surface area contributed by atoms with E-state index in [0.717, 1.165) is 11.0 Å². The minimum atomic E-state index is -4.75. The minimum Gasteiger partial charge on any atom is -0.481 e. The number of alkyl halides is 3. The molecule has 0 bridgehead atoms. The standard InChI is InChI=1S/C16H18F3N3O5/c1-8(2)20-14(23)9-3-4-12(13(5-9)22(26)27)21-6-10(15(24)25)11(7-21)16(17,18)19/h3-5,8,10-11H,6-7H2,1-2H3,(H,20,23)(H,24,25)/t10-,11-/m1/s1. The number of carboxylic acids is 1. The number of nitro groups is 1. The fourth-order valence-electron chi connectivity index (χ4n) is 3.01. The van der Waals surface area contributed by atoms with Crippen molar-refractivity contribution in [3.63, 3.8) is 0 Å². The van der Waals surface area contributed by atoms with Gasteiger partial charge in [-0.15, -0.1) is 0 Å². The second kappa shape index (κ2) is 7.41. The maximum absolute atomic E-state index is 13.1. The van der Waals surface area contributed by atoms with Crippen LogP contribution >= 0.6 is 0 Å². The van der Waals surface area contributed by atoms with E-state index in [0.29, 0.717) is 0 Å². The van der Waals surface area contributed by atoms with Gasteiger partial charge in [0.05, 0.1) is 16.8 Å². The van der Waals surface area contributed by atoms with Crippen LogP contribution in [0, 0.1) is 22.0 Å². The molecule has 27 heavy (non-hydrogen) atoms. The molecule has 1 aromatic rings. The second-order valence-electron chi connectivity index (χ2n) is 6.59. The van der Waals surface area contributed by atoms with Crippen molar-refractivity contribution in [3.05, 3.63) is 33.9 Å². The molecule has 2 N–H and O–H groups in total. The Labute approximate surface area is 152 Å². The zero-order valence-electron chi connectivity index (χ0n) is 14.5. The number of anilines is 1. The Kier molecular flexibility index (Phi) is 5.62. The molecule has 0 unspecified atom stereocenters. The second-order valence-corrected chi connectivity index (χ2v) is 6.59. The predicted octanol–water partition coefficient (Wildman–Crippen LogP) is 2.43. The molecular formula is C16H18F3N3O5. The van der Waals surface area contributed by atoms with Crippen LogP contribution in [0.5, 0.6) is 0 Å². The van der Waals surface area contributed by atoms with Crippen LogP contribution in [0.25, 0.3) is 0 Å². The molecule has 2 atom stereocenters. The van der Waals surface area contributed by atoms with Gasteiger partial charge >= 0.3 is 12.1 Å². The first-order chi connectivity index (χ1) is 12.4. The van der Waals surface area contributed by atoms with Gasteiger partial charge in [0.25, 0.3) is 11.6 Å². The van der Waals surface area contributed by atoms with Gasteiger partial charge < -0.3 is 15.3 Å². The Balaban J connectivity index is 2.39. The summed E-state index contributed by atoms with van der Waals surface area (Å²) in [7, 11) is 0. The summed E-state index contributed by atoms with van der Waals surface area (Å²) in [5.74, 6) is -6.04. The normalized spacial score (nSPS) is 20.0. The largest absolute Gasteiger partial charge is 0.481 e. The smallest absolute Gasteiger partial charge is 0.394 e. The molecule has 1 fully saturated rings. The summed E-state index contributed by atoms with van der Waals surface area (Å²) in [6.07, 6.45) is -4.75. The summed E-state index contributed by atoms with van der Waals surface area (Å²) in [6.45, 7) is 2.18. The van der Waals surface area contributed by atoms with Crippen LogP contribution in [0.15, 0.2) is 18.2 Å². The van der Waals surface area contributed by atoms with Crippen LogP contribution in [0.2, 0.25) is 0 Å². The third-order valence-corrected chi connectivity index (χ3v) is 4.25. The molecule has 1 heterocycles. The van der Waals surface area contributed by atoms with Gasteiger partial charge in [0.2, 0.25) is 0 Å². The van der Waals surface area contributed by atoms with Crippen molar-refractivity contribution in [2.45, 2.75) is 26.1 Å². The number of aliphatic carboxylic acids is 1. The van der Waals surface area contributed by atoms with Crippen LogP contribution < -0.4 is 10.2 Å². The summed E-state index contributed by atoms with van der Waals surface area (Å²) in [4.78, 5) is 34.8. The van der Waals surface area contributed by atoms with Crippen molar-refractivity contribution < 1.29 is 32.8 Å². The van der Waals surface area contributed by atoms with E-state index in [2.05, 4.69) is 5.32 Å². The molecule has 0 saturated carbocycles. The van der Waals surface area contributed by atoms with Crippen molar-refractivity contribution in [3.8, 4) is 0 Å². The zero-order chi connectivity index (χ0) is 20.5. The van der Waals surface area contributed by atoms with Gasteiger partial charge in [-0.1, -0.05) is 0 Å². The van der Waals surface area contributed by atoms with E-state index in [1.54, 1.807) is 13.8 Å². The Morgan fingerprint density at radius 1 is 1.33 bits per heavy atom. The number of benzene rings is 1. The van der Waals surface area contributed by atoms with E-state index in [1.165, 1.54) is 12.1 Å². The molecule has 0 radical (unpaired) electrons. The molecule has 1 amide bonds. The summed E-state index contributed by atoms with van der Waals surface area (Å²) < 4.78 is 39.4. The SMILES string of the molecule is CC(C)NC(=O)c1ccc(N2C[C@@H](C(F)(F)F)[C@H](C(=O)O)C2)c([N+](=O)[O-])c1. The van der Waals surface area contributed by atoms with Crippen molar-refractivity contribution in [2.75, 3.05) is 18.0 Å². The first kappa shape index (κ1) is 20.5. The Bertz CT molecular complexity index is 766. The number of nitrogens with zero attached hydrogens (tertiary/aromatic N) is 2. The minimum absolute atomic E-state index is 0.0134. The fourth-order valence-corrected chi connectivity index (χ4v) is 3.01. The Morgan fingerprint density at radius 3 is 2.41 bits per heavy atom. The molecular weight excluding hydrogens is 371 g/mol. The Morgan fingerprint density at radius 2 is 1.96 bits per heavy atom. The average Bonchev–Trinajstić information content (AvgIpc) is 2.99. The van der Waals surface area contributed by atoms with Crippen LogP contribution in [0.4, 0.5) is 24.5 Å². The van der Waals surface area contributed by atoms with Crippen LogP contribution in [0.1, 0.15) is 24.2 Å². The lowest BCUT2D eigenvalue weighted by molar-refractivity contribution is -0.384. The van der Waals surface area contributed by atoms with E-state index in [4.69, 9.17) is 5.11 Å². The highest BCUT2D eigenvalue weighted by Gasteiger charge is 2.53. The predicted molar refractivity (Wildman–Crippen MR) is 88.6 cm³/mol. The van der Waals surface area contributed by atoms with Gasteiger partial charge in [-0.25, -0.2) is 0 Å². The van der Waals surface area contributed by atoms with E-state index in [1.807, 2.05) is 0 Å². The molecule has 1 aromatic carbocycles. The van der Waals surface area contributed by atoms with Gasteiger partial charge in [-0.3, -0.25) is 19.7 Å². The van der Waals surface area contributed by atoms with Gasteiger partial charge in [-0.05, 0) is 26.0 Å². The number of carbonyl (C=O) groups is 2. The van der Waals surface area contributed by atoms with Crippen LogP contribution in [-0.2, 0) is 4.79 Å². The Hall–Kier alpha value is -2.85. The quantitative estimate of drug-likeness (QED) is 0.591. The molecule has 1 aliphatic heterocycles. The number of carbonyl (C=O) groups excluding carboxylic acids is 1. The first-order valence-corrected chi connectivity index (χ1v) is 8.05. The van der Waals surface area contributed by atoms with E-state index < -0.39 is 53.6 Å². The lowest BCUT2D eigenvalue weighted by Gasteiger charge is -2.20. The van der Waals surface area contributed by atoms with Gasteiger partial charge in [0, 0.05) is 30.8 Å². The molecule has 1 saturated heterocycles. The van der Waals surface area contributed by atoms with Crippen molar-refractivity contribution in [1.29, 1.82) is 0 Å². The number of carboxylic acid groups (broad SMARTS) is 1. The highest BCUT2D eigenvalue weighted by Crippen LogP contribution is 2.41.